The highest BCUT2D eigenvalue weighted by atomic mass is 15.2. The Morgan fingerprint density at radius 1 is 1.07 bits per heavy atom. The largest absolute Gasteiger partial charge is 0.396 e. The van der Waals surface area contributed by atoms with Crippen LogP contribution in [0.4, 0.5) is 5.69 Å². The summed E-state index contributed by atoms with van der Waals surface area (Å²) in [5.41, 5.74) is 10.9. The van der Waals surface area contributed by atoms with E-state index in [0.29, 0.717) is 17.3 Å². The van der Waals surface area contributed by atoms with Crippen molar-refractivity contribution in [1.29, 1.82) is 5.41 Å². The number of nitrogens with two attached hydrogens (primary N) is 1. The van der Waals surface area contributed by atoms with Gasteiger partial charge in [-0.1, -0.05) is 39.0 Å². The van der Waals surface area contributed by atoms with Crippen LogP contribution < -0.4 is 5.73 Å². The van der Waals surface area contributed by atoms with Crippen LogP contribution in [-0.4, -0.2) is 25.8 Å². The molecule has 0 aliphatic heterocycles. The van der Waals surface area contributed by atoms with E-state index in [0.717, 1.165) is 22.7 Å². The van der Waals surface area contributed by atoms with E-state index >= 15 is 0 Å². The van der Waals surface area contributed by atoms with E-state index in [1.165, 1.54) is 56.7 Å². The van der Waals surface area contributed by atoms with Crippen LogP contribution in [0.1, 0.15) is 69.0 Å². The van der Waals surface area contributed by atoms with Crippen LogP contribution in [-0.2, 0) is 0 Å². The van der Waals surface area contributed by atoms with E-state index < -0.39 is 0 Å². The summed E-state index contributed by atoms with van der Waals surface area (Å²) in [4.78, 5) is 8.89. The molecule has 3 aromatic rings. The molecule has 0 saturated heterocycles. The molecule has 3 aromatic heterocycles. The number of pyridine rings is 1. The second-order valence-electron chi connectivity index (χ2n) is 8.03. The molecule has 3 N–H and O–H groups in total. The van der Waals surface area contributed by atoms with Gasteiger partial charge in [0.05, 0.1) is 11.9 Å². The van der Waals surface area contributed by atoms with Gasteiger partial charge in [0.25, 0.3) is 0 Å². The molecular weight excluding hydrogens is 348 g/mol. The summed E-state index contributed by atoms with van der Waals surface area (Å²) in [6, 6.07) is 1.86. The van der Waals surface area contributed by atoms with Gasteiger partial charge in [-0.25, -0.2) is 9.50 Å². The standard InChI is InChI=1S/C22H28N6/c1-15-5-2-3-7-16(8-4-6-15)17-12-26-22-19(13-27-28(22)14-17)18-9-10-25-20(11-23)21(18)24/h9-16,23H,2-8,24H2,1H3. The smallest absolute Gasteiger partial charge is 0.162 e. The molecule has 1 aliphatic carbocycles. The zero-order chi connectivity index (χ0) is 19.5. The SMILES string of the molecule is CC1CCCCC(c2cnc3c(-c4ccnc(C=N)c4N)cnn3c2)CCC1. The second-order valence-corrected chi connectivity index (χ2v) is 8.03. The average molecular weight is 377 g/mol. The first-order chi connectivity index (χ1) is 13.7. The molecular formula is C22H28N6. The van der Waals surface area contributed by atoms with Gasteiger partial charge in [-0.15, -0.1) is 0 Å². The quantitative estimate of drug-likeness (QED) is 0.640. The number of rotatable bonds is 3. The predicted octanol–water partition coefficient (Wildman–Crippen LogP) is 4.84. The third-order valence-corrected chi connectivity index (χ3v) is 6.04. The first kappa shape index (κ1) is 18.6. The highest BCUT2D eigenvalue weighted by molar-refractivity contribution is 5.93. The van der Waals surface area contributed by atoms with E-state index in [1.54, 1.807) is 12.4 Å². The molecule has 28 heavy (non-hydrogen) atoms. The molecule has 3 heterocycles. The Labute approximate surface area is 165 Å². The monoisotopic (exact) mass is 376 g/mol. The topological polar surface area (TPSA) is 93.0 Å². The van der Waals surface area contributed by atoms with Crippen molar-refractivity contribution in [3.63, 3.8) is 0 Å². The van der Waals surface area contributed by atoms with Crippen molar-refractivity contribution >= 4 is 17.5 Å². The number of nitrogen functional groups attached to an aromatic ring is 1. The van der Waals surface area contributed by atoms with Crippen molar-refractivity contribution in [3.8, 4) is 11.1 Å². The average Bonchev–Trinajstić information content (AvgIpc) is 3.16. The molecule has 0 aromatic carbocycles. The number of aromatic nitrogens is 4. The molecule has 6 heteroatoms. The third kappa shape index (κ3) is 3.63. The third-order valence-electron chi connectivity index (χ3n) is 6.04. The number of hydrogen-bond donors (Lipinski definition) is 2. The van der Waals surface area contributed by atoms with Crippen molar-refractivity contribution in [2.24, 2.45) is 5.92 Å². The molecule has 1 saturated carbocycles. The van der Waals surface area contributed by atoms with Crippen LogP contribution in [0.3, 0.4) is 0 Å². The lowest BCUT2D eigenvalue weighted by molar-refractivity contribution is 0.462. The van der Waals surface area contributed by atoms with Gasteiger partial charge in [0.2, 0.25) is 0 Å². The zero-order valence-corrected chi connectivity index (χ0v) is 16.4. The normalized spacial score (nSPS) is 21.0. The molecule has 0 amide bonds. The van der Waals surface area contributed by atoms with Gasteiger partial charge < -0.3 is 11.1 Å². The molecule has 1 aliphatic rings. The van der Waals surface area contributed by atoms with Gasteiger partial charge in [0.1, 0.15) is 5.69 Å². The zero-order valence-electron chi connectivity index (χ0n) is 16.4. The van der Waals surface area contributed by atoms with E-state index in [-0.39, 0.29) is 0 Å². The van der Waals surface area contributed by atoms with Crippen molar-refractivity contribution in [2.45, 2.75) is 57.8 Å². The molecule has 6 nitrogen and oxygen atoms in total. The minimum absolute atomic E-state index is 0.466. The van der Waals surface area contributed by atoms with Crippen molar-refractivity contribution in [1.82, 2.24) is 19.6 Å². The molecule has 0 radical (unpaired) electrons. The minimum Gasteiger partial charge on any atom is -0.396 e. The van der Waals surface area contributed by atoms with Crippen LogP contribution in [0.15, 0.2) is 30.9 Å². The first-order valence-electron chi connectivity index (χ1n) is 10.3. The Bertz CT molecular complexity index is 976. The Hall–Kier alpha value is -2.76. The van der Waals surface area contributed by atoms with Crippen LogP contribution in [0.2, 0.25) is 0 Å². The van der Waals surface area contributed by atoms with E-state index in [2.05, 4.69) is 23.2 Å². The summed E-state index contributed by atoms with van der Waals surface area (Å²) in [5, 5.41) is 12.0. The Kier molecular flexibility index (Phi) is 5.37. The summed E-state index contributed by atoms with van der Waals surface area (Å²) in [5.74, 6) is 1.41. The molecule has 1 fully saturated rings. The number of fused-ring (bicyclic) bond motifs is 1. The fourth-order valence-corrected chi connectivity index (χ4v) is 4.35. The number of nitrogens with one attached hydrogen (secondary N) is 1. The van der Waals surface area contributed by atoms with Gasteiger partial charge >= 0.3 is 0 Å². The van der Waals surface area contributed by atoms with Crippen LogP contribution in [0.5, 0.6) is 0 Å². The summed E-state index contributed by atoms with van der Waals surface area (Å²) < 4.78 is 1.86. The van der Waals surface area contributed by atoms with Crippen molar-refractivity contribution in [3.05, 3.63) is 42.1 Å². The van der Waals surface area contributed by atoms with Crippen molar-refractivity contribution < 1.29 is 0 Å². The lowest BCUT2D eigenvalue weighted by Crippen LogP contribution is -2.03. The molecule has 0 spiro atoms. The summed E-state index contributed by atoms with van der Waals surface area (Å²) in [6.45, 7) is 2.38. The summed E-state index contributed by atoms with van der Waals surface area (Å²) >= 11 is 0. The Morgan fingerprint density at radius 2 is 1.86 bits per heavy atom. The number of hydrogen-bond acceptors (Lipinski definition) is 5. The Balaban J connectivity index is 1.65. The maximum Gasteiger partial charge on any atom is 0.162 e. The van der Waals surface area contributed by atoms with E-state index in [1.807, 2.05) is 16.8 Å². The van der Waals surface area contributed by atoms with Gasteiger partial charge in [0.15, 0.2) is 5.65 Å². The van der Waals surface area contributed by atoms with Crippen molar-refractivity contribution in [2.75, 3.05) is 5.73 Å². The second kappa shape index (κ2) is 8.09. The van der Waals surface area contributed by atoms with Crippen LogP contribution in [0, 0.1) is 11.3 Å². The number of nitrogens with zero attached hydrogens (tertiary/aromatic N) is 4. The lowest BCUT2D eigenvalue weighted by Gasteiger charge is -2.16. The first-order valence-corrected chi connectivity index (χ1v) is 10.3. The summed E-state index contributed by atoms with van der Waals surface area (Å²) in [6.07, 6.45) is 17.8. The highest BCUT2D eigenvalue weighted by Gasteiger charge is 2.18. The van der Waals surface area contributed by atoms with Gasteiger partial charge in [0, 0.05) is 35.9 Å². The van der Waals surface area contributed by atoms with Gasteiger partial charge in [-0.2, -0.15) is 5.10 Å². The maximum absolute atomic E-state index is 7.47. The predicted molar refractivity (Wildman–Crippen MR) is 113 cm³/mol. The van der Waals surface area contributed by atoms with E-state index in [9.17, 15) is 0 Å². The number of anilines is 1. The molecule has 0 bridgehead atoms. The molecule has 146 valence electrons. The lowest BCUT2D eigenvalue weighted by atomic mass is 9.91. The van der Waals surface area contributed by atoms with Crippen LogP contribution in [0.25, 0.3) is 16.8 Å². The highest BCUT2D eigenvalue weighted by Crippen LogP contribution is 2.33. The van der Waals surface area contributed by atoms with Gasteiger partial charge in [-0.05, 0) is 36.3 Å². The van der Waals surface area contributed by atoms with Crippen LogP contribution >= 0.6 is 0 Å². The summed E-state index contributed by atoms with van der Waals surface area (Å²) in [7, 11) is 0. The Morgan fingerprint density at radius 3 is 2.71 bits per heavy atom. The maximum atomic E-state index is 7.47. The molecule has 4 rings (SSSR count). The molecule has 2 unspecified atom stereocenters. The minimum atomic E-state index is 0.466. The fraction of sp³-hybridized carbons (Fsp3) is 0.455. The molecule has 2 atom stereocenters. The fourth-order valence-electron chi connectivity index (χ4n) is 4.35. The van der Waals surface area contributed by atoms with Gasteiger partial charge in [-0.3, -0.25) is 4.98 Å². The van der Waals surface area contributed by atoms with E-state index in [4.69, 9.17) is 16.1 Å².